The maximum absolute atomic E-state index is 13.7. The van der Waals surface area contributed by atoms with Crippen LogP contribution in [-0.4, -0.2) is 25.5 Å². The molecule has 2 unspecified atom stereocenters. The van der Waals surface area contributed by atoms with Gasteiger partial charge in [-0.25, -0.2) is 4.98 Å². The average molecular weight is 460 g/mol. The van der Waals surface area contributed by atoms with Gasteiger partial charge in [-0.1, -0.05) is 62.4 Å². The Kier molecular flexibility index (Phi) is 7.08. The minimum Gasteiger partial charge on any atom is -0.345 e. The van der Waals surface area contributed by atoms with E-state index in [1.54, 1.807) is 11.8 Å². The highest BCUT2D eigenvalue weighted by atomic mass is 32.2. The van der Waals surface area contributed by atoms with E-state index in [0.717, 1.165) is 28.3 Å². The van der Waals surface area contributed by atoms with Crippen molar-refractivity contribution >= 4 is 23.4 Å². The fourth-order valence-corrected chi connectivity index (χ4v) is 5.02. The molecule has 6 nitrogen and oxygen atoms in total. The second-order valence-electron chi connectivity index (χ2n) is 8.64. The monoisotopic (exact) mass is 459 g/mol. The molecule has 0 bridgehead atoms. The molecule has 4 aromatic rings. The summed E-state index contributed by atoms with van der Waals surface area (Å²) in [6.07, 6.45) is 0.747. The number of benzene rings is 2. The van der Waals surface area contributed by atoms with Gasteiger partial charge in [0, 0.05) is 16.3 Å². The van der Waals surface area contributed by atoms with Gasteiger partial charge in [-0.15, -0.1) is 22.0 Å². The van der Waals surface area contributed by atoms with Crippen LogP contribution in [0.15, 0.2) is 71.6 Å². The van der Waals surface area contributed by atoms with E-state index in [0.29, 0.717) is 17.5 Å². The molecule has 2 atom stereocenters. The second-order valence-corrected chi connectivity index (χ2v) is 9.82. The fraction of sp³-hybridized carbons (Fsp3) is 0.308. The van der Waals surface area contributed by atoms with Crippen molar-refractivity contribution in [2.24, 2.45) is 5.92 Å². The molecule has 1 amide bonds. The van der Waals surface area contributed by atoms with Crippen LogP contribution in [0.25, 0.3) is 5.78 Å². The van der Waals surface area contributed by atoms with Gasteiger partial charge in [0.05, 0.1) is 6.04 Å². The molecule has 0 spiro atoms. The predicted molar refractivity (Wildman–Crippen MR) is 132 cm³/mol. The minimum atomic E-state index is -0.385. The molecule has 2 aromatic carbocycles. The van der Waals surface area contributed by atoms with Crippen LogP contribution in [0, 0.1) is 19.8 Å². The molecule has 0 aliphatic rings. The van der Waals surface area contributed by atoms with Gasteiger partial charge in [0.25, 0.3) is 5.78 Å². The molecule has 4 rings (SSSR count). The normalized spacial score (nSPS) is 13.2. The van der Waals surface area contributed by atoms with Crippen molar-refractivity contribution in [3.05, 3.63) is 89.5 Å². The number of hydrogen-bond acceptors (Lipinski definition) is 5. The Balaban J connectivity index is 1.68. The molecular weight excluding hydrogens is 430 g/mol. The van der Waals surface area contributed by atoms with Gasteiger partial charge in [0.15, 0.2) is 5.82 Å². The van der Waals surface area contributed by atoms with Crippen molar-refractivity contribution in [1.29, 1.82) is 0 Å². The van der Waals surface area contributed by atoms with Crippen molar-refractivity contribution in [2.75, 3.05) is 0 Å². The number of carbonyl (C=O) groups is 1. The average Bonchev–Trinajstić information content (AvgIpc) is 3.22. The Morgan fingerprint density at radius 2 is 1.67 bits per heavy atom. The summed E-state index contributed by atoms with van der Waals surface area (Å²) in [7, 11) is 0. The first kappa shape index (κ1) is 23.0. The summed E-state index contributed by atoms with van der Waals surface area (Å²) >= 11 is 1.55. The van der Waals surface area contributed by atoms with Crippen LogP contribution in [-0.2, 0) is 4.79 Å². The third kappa shape index (κ3) is 5.42. The molecule has 0 fully saturated rings. The molecule has 7 heteroatoms. The molecule has 0 saturated carbocycles. The lowest BCUT2D eigenvalue weighted by Gasteiger charge is -2.23. The second kappa shape index (κ2) is 10.2. The number of nitrogens with zero attached hydrogens (tertiary/aromatic N) is 4. The van der Waals surface area contributed by atoms with Crippen LogP contribution < -0.4 is 5.32 Å². The zero-order chi connectivity index (χ0) is 23.4. The number of hydrogen-bond donors (Lipinski definition) is 1. The molecule has 2 heterocycles. The van der Waals surface area contributed by atoms with E-state index in [9.17, 15) is 4.79 Å². The summed E-state index contributed by atoms with van der Waals surface area (Å²) < 4.78 is 1.95. The molecule has 0 aliphatic carbocycles. The summed E-state index contributed by atoms with van der Waals surface area (Å²) in [5, 5.41) is 11.6. The summed E-state index contributed by atoms with van der Waals surface area (Å²) in [4.78, 5) is 19.3. The van der Waals surface area contributed by atoms with Gasteiger partial charge in [0.2, 0.25) is 5.91 Å². The van der Waals surface area contributed by atoms with Crippen LogP contribution >= 0.6 is 11.8 Å². The molecule has 0 radical (unpaired) electrons. The van der Waals surface area contributed by atoms with Crippen LogP contribution in [0.2, 0.25) is 0 Å². The topological polar surface area (TPSA) is 72.2 Å². The number of carbonyl (C=O) groups excluding carboxylic acids is 1. The molecule has 170 valence electrons. The number of fused-ring (bicyclic) bond motifs is 1. The van der Waals surface area contributed by atoms with Crippen LogP contribution in [0.4, 0.5) is 0 Å². The molecule has 33 heavy (non-hydrogen) atoms. The summed E-state index contributed by atoms with van der Waals surface area (Å²) in [5.41, 5.74) is 2.86. The maximum atomic E-state index is 13.7. The Bertz CT molecular complexity index is 1220. The van der Waals surface area contributed by atoms with Crippen molar-refractivity contribution < 1.29 is 4.79 Å². The van der Waals surface area contributed by atoms with Gasteiger partial charge in [0.1, 0.15) is 5.25 Å². The molecule has 0 aliphatic heterocycles. The fourth-order valence-electron chi connectivity index (χ4n) is 3.96. The van der Waals surface area contributed by atoms with Crippen molar-refractivity contribution in [1.82, 2.24) is 24.9 Å². The zero-order valence-corrected chi connectivity index (χ0v) is 20.2. The van der Waals surface area contributed by atoms with Crippen molar-refractivity contribution in [2.45, 2.75) is 50.3 Å². The van der Waals surface area contributed by atoms with E-state index >= 15 is 0 Å². The first-order valence-corrected chi connectivity index (χ1v) is 12.1. The Hall–Kier alpha value is -3.19. The Morgan fingerprint density at radius 3 is 2.33 bits per heavy atom. The van der Waals surface area contributed by atoms with Gasteiger partial charge in [-0.3, -0.25) is 9.20 Å². The van der Waals surface area contributed by atoms with Gasteiger partial charge in [-0.05, 0) is 49.9 Å². The smallest absolute Gasteiger partial charge is 0.255 e. The van der Waals surface area contributed by atoms with Crippen LogP contribution in [0.3, 0.4) is 0 Å². The molecule has 0 saturated heterocycles. The highest BCUT2D eigenvalue weighted by Gasteiger charge is 2.28. The SMILES string of the molecule is Cc1cc(C)n2c(C(CC(C)C)NC(=O)C(Sc3ccccc3)c3ccccc3)nnc2n1. The summed E-state index contributed by atoms with van der Waals surface area (Å²) in [6.45, 7) is 8.25. The largest absolute Gasteiger partial charge is 0.345 e. The summed E-state index contributed by atoms with van der Waals surface area (Å²) in [6, 6.07) is 21.7. The highest BCUT2D eigenvalue weighted by molar-refractivity contribution is 8.00. The first-order valence-electron chi connectivity index (χ1n) is 11.2. The zero-order valence-electron chi connectivity index (χ0n) is 19.4. The first-order chi connectivity index (χ1) is 15.9. The maximum Gasteiger partial charge on any atom is 0.255 e. The number of thioether (sulfide) groups is 1. The lowest BCUT2D eigenvalue weighted by molar-refractivity contribution is -0.121. The predicted octanol–water partition coefficient (Wildman–Crippen LogP) is 5.48. The van der Waals surface area contributed by atoms with Crippen molar-refractivity contribution in [3.63, 3.8) is 0 Å². The van der Waals surface area contributed by atoms with Crippen LogP contribution in [0.1, 0.15) is 54.3 Å². The van der Waals surface area contributed by atoms with E-state index in [2.05, 4.69) is 34.3 Å². The van der Waals surface area contributed by atoms with E-state index in [1.807, 2.05) is 85.0 Å². The Morgan fingerprint density at radius 1 is 1.00 bits per heavy atom. The minimum absolute atomic E-state index is 0.0461. The number of aromatic nitrogens is 4. The van der Waals surface area contributed by atoms with E-state index in [-0.39, 0.29) is 17.2 Å². The van der Waals surface area contributed by atoms with E-state index < -0.39 is 0 Å². The lowest BCUT2D eigenvalue weighted by Crippen LogP contribution is -2.34. The number of amides is 1. The standard InChI is InChI=1S/C26H29N5OS/c1-17(2)15-22(24-29-30-26-27-18(3)16-19(4)31(24)26)28-25(32)23(20-11-7-5-8-12-20)33-21-13-9-6-10-14-21/h5-14,16-17,22-23H,15H2,1-4H3,(H,28,32). The van der Waals surface area contributed by atoms with Gasteiger partial charge < -0.3 is 5.32 Å². The van der Waals surface area contributed by atoms with Crippen molar-refractivity contribution in [3.8, 4) is 0 Å². The number of nitrogens with one attached hydrogen (secondary N) is 1. The van der Waals surface area contributed by atoms with Gasteiger partial charge in [-0.2, -0.15) is 0 Å². The lowest BCUT2D eigenvalue weighted by atomic mass is 10.0. The Labute approximate surface area is 198 Å². The van der Waals surface area contributed by atoms with E-state index in [4.69, 9.17) is 0 Å². The van der Waals surface area contributed by atoms with E-state index in [1.165, 1.54) is 0 Å². The highest BCUT2D eigenvalue weighted by Crippen LogP contribution is 2.36. The van der Waals surface area contributed by atoms with Crippen LogP contribution in [0.5, 0.6) is 0 Å². The number of aryl methyl sites for hydroxylation is 2. The summed E-state index contributed by atoms with van der Waals surface area (Å²) in [5.74, 6) is 1.59. The van der Waals surface area contributed by atoms with Gasteiger partial charge >= 0.3 is 0 Å². The molecular formula is C26H29N5OS. The molecule has 2 aromatic heterocycles. The molecule has 1 N–H and O–H groups in total. The third-order valence-corrected chi connectivity index (χ3v) is 6.66. The number of rotatable bonds is 8. The quantitative estimate of drug-likeness (QED) is 0.353. The third-order valence-electron chi connectivity index (χ3n) is 5.39.